The lowest BCUT2D eigenvalue weighted by atomic mass is 10.00. The molecule has 0 bridgehead atoms. The molecule has 0 fully saturated rings. The lowest BCUT2D eigenvalue weighted by Gasteiger charge is -2.09. The van der Waals surface area contributed by atoms with Crippen molar-refractivity contribution >= 4 is 151 Å². The maximum absolute atomic E-state index is 2.50. The van der Waals surface area contributed by atoms with E-state index in [1.54, 1.807) is 0 Å². The summed E-state index contributed by atoms with van der Waals surface area (Å²) in [6, 6.07) is 92.6. The Kier molecular flexibility index (Phi) is 17.2. The maximum Gasteiger partial charge on any atom is 0.0548 e. The smallest absolute Gasteiger partial charge is 0.0548 e. The molecule has 494 valence electrons. The maximum atomic E-state index is 2.50. The van der Waals surface area contributed by atoms with E-state index in [-0.39, 0.29) is 0 Å². The molecule has 8 heteroatoms. The molecule has 100 heavy (non-hydrogen) atoms. The van der Waals surface area contributed by atoms with Crippen molar-refractivity contribution in [1.29, 1.82) is 0 Å². The minimum atomic E-state index is 1.15. The van der Waals surface area contributed by atoms with Gasteiger partial charge in [0.15, 0.2) is 0 Å². The predicted octanol–water partition coefficient (Wildman–Crippen LogP) is 29.0. The molecule has 18 aromatic rings. The Bertz CT molecular complexity index is 5570. The summed E-state index contributed by atoms with van der Waals surface area (Å²) in [7, 11) is 0. The molecule has 0 saturated heterocycles. The first-order valence-electron chi connectivity index (χ1n) is 36.9. The normalized spacial score (nSPS) is 12.2. The van der Waals surface area contributed by atoms with Crippen LogP contribution in [-0.4, -0.2) is 18.3 Å². The Balaban J connectivity index is 0.741. The van der Waals surface area contributed by atoms with Crippen LogP contribution in [0.3, 0.4) is 0 Å². The zero-order valence-corrected chi connectivity index (χ0v) is 60.5. The molecule has 0 amide bonds. The van der Waals surface area contributed by atoms with Crippen molar-refractivity contribution in [2.75, 3.05) is 0 Å². The number of thiophene rings is 4. The Hall–Kier alpha value is -9.28. The van der Waals surface area contributed by atoms with E-state index in [0.717, 1.165) is 22.7 Å². The van der Waals surface area contributed by atoms with Crippen molar-refractivity contribution in [3.8, 4) is 54.8 Å². The summed E-state index contributed by atoms with van der Waals surface area (Å²) in [6.07, 6.45) is 24.1. The van der Waals surface area contributed by atoms with Crippen molar-refractivity contribution in [1.82, 2.24) is 18.3 Å². The summed E-state index contributed by atoms with van der Waals surface area (Å²) in [4.78, 5) is 5.73. The average Bonchev–Trinajstić information content (AvgIpc) is 1.56. The van der Waals surface area contributed by atoms with Gasteiger partial charge in [-0.05, 0) is 194 Å². The minimum absolute atomic E-state index is 1.15. The minimum Gasteiger partial charge on any atom is -0.309 e. The molecule has 0 unspecified atom stereocenters. The van der Waals surface area contributed by atoms with E-state index in [0.29, 0.717) is 0 Å². The molecule has 0 aliphatic rings. The van der Waals surface area contributed by atoms with Crippen molar-refractivity contribution in [2.24, 2.45) is 0 Å². The van der Waals surface area contributed by atoms with Crippen LogP contribution < -0.4 is 0 Å². The quantitative estimate of drug-likeness (QED) is 0.0508. The molecule has 0 aliphatic heterocycles. The van der Waals surface area contributed by atoms with Gasteiger partial charge < -0.3 is 18.3 Å². The highest BCUT2D eigenvalue weighted by Crippen LogP contribution is 2.48. The van der Waals surface area contributed by atoms with Crippen LogP contribution in [0.2, 0.25) is 0 Å². The number of unbranched alkanes of at least 4 members (excludes halogenated alkanes) is 14. The molecule has 18 rings (SSSR count). The van der Waals surface area contributed by atoms with Crippen LogP contribution in [0.1, 0.15) is 126 Å². The van der Waals surface area contributed by atoms with Gasteiger partial charge in [0.1, 0.15) is 0 Å². The van der Waals surface area contributed by atoms with Gasteiger partial charge >= 0.3 is 0 Å². The van der Waals surface area contributed by atoms with Crippen molar-refractivity contribution in [3.63, 3.8) is 0 Å². The van der Waals surface area contributed by atoms with E-state index in [1.807, 2.05) is 45.3 Å². The highest BCUT2D eigenvalue weighted by molar-refractivity contribution is 7.30. The Morgan fingerprint density at radius 1 is 0.220 bits per heavy atom. The van der Waals surface area contributed by atoms with Crippen LogP contribution in [0.25, 0.3) is 161 Å². The van der Waals surface area contributed by atoms with Gasteiger partial charge in [-0.1, -0.05) is 201 Å². The largest absolute Gasteiger partial charge is 0.309 e. The van der Waals surface area contributed by atoms with Crippen LogP contribution >= 0.6 is 45.3 Å². The average molecular weight is 1370 g/mol. The SMILES string of the molecule is CCCCCCCCCCc1cc2sc(-c3ccc4c(c3)c3cc5c(cc3n4-c3ccccc3)c3cc(-c4ccc6c(c4)c4cc7c(cc4n6-c4ccccc4)c4cc(-c6cc8sc(CCCCCCCCCC)cc8s6)ccc4n7-c4ccccc4)ccc3n5-c3ccccc3)cc2s1. The van der Waals surface area contributed by atoms with Gasteiger partial charge in [-0.15, -0.1) is 45.3 Å². The number of aryl methyl sites for hydroxylation is 2. The number of nitrogens with zero attached hydrogens (tertiary/aromatic N) is 4. The van der Waals surface area contributed by atoms with Gasteiger partial charge in [0.05, 0.1) is 44.1 Å². The zero-order chi connectivity index (χ0) is 66.6. The molecule has 0 N–H and O–H groups in total. The first kappa shape index (κ1) is 62.9. The molecule has 0 atom stereocenters. The lowest BCUT2D eigenvalue weighted by Crippen LogP contribution is -1.94. The molecule has 0 aliphatic carbocycles. The fraction of sp³-hybridized carbons (Fsp3) is 0.217. The summed E-state index contributed by atoms with van der Waals surface area (Å²) in [5.74, 6) is 0. The van der Waals surface area contributed by atoms with E-state index >= 15 is 0 Å². The fourth-order valence-corrected chi connectivity index (χ4v) is 21.2. The monoisotopic (exact) mass is 1370 g/mol. The van der Waals surface area contributed by atoms with E-state index in [1.165, 1.54) is 263 Å². The lowest BCUT2D eigenvalue weighted by molar-refractivity contribution is 0.576. The summed E-state index contributed by atoms with van der Waals surface area (Å²) in [5, 5.41) is 9.94. The standard InChI is InChI=1S/C92H82N4S4/c1-3-5-7-9-11-13-15-29-39-69-53-89-91(97-69)59-87(99-89)63-43-47-81-73(51-63)77-57-83-75(55-85(77)95(81)67-35-25-19-26-36-67)71-49-61(41-45-79(71)93(83)65-31-21-17-22-32-65)62-42-46-80-72(50-62)76-56-86-78(58-84(76)94(80)66-33-23-18-24-34-66)74-52-64(44-48-82(74)96(86)68-37-27-20-28-38-68)88-60-92-90(100-88)54-70(98-92)40-30-16-14-12-10-8-6-4-2/h17-28,31-38,41-60H,3-16,29-30,39-40H2,1-2H3. The van der Waals surface area contributed by atoms with Gasteiger partial charge in [-0.3, -0.25) is 0 Å². The second-order valence-electron chi connectivity index (χ2n) is 27.9. The van der Waals surface area contributed by atoms with Crippen LogP contribution in [0.5, 0.6) is 0 Å². The number of aromatic nitrogens is 4. The Morgan fingerprint density at radius 2 is 0.480 bits per heavy atom. The van der Waals surface area contributed by atoms with E-state index in [2.05, 4.69) is 275 Å². The molecule has 8 aromatic heterocycles. The molecule has 0 radical (unpaired) electrons. The summed E-state index contributed by atoms with van der Waals surface area (Å²) >= 11 is 7.91. The van der Waals surface area contributed by atoms with E-state index in [4.69, 9.17) is 0 Å². The highest BCUT2D eigenvalue weighted by Gasteiger charge is 2.24. The first-order valence-corrected chi connectivity index (χ1v) is 40.2. The predicted molar refractivity (Wildman–Crippen MR) is 439 cm³/mol. The number of fused-ring (bicyclic) bond motifs is 14. The molecule has 0 spiro atoms. The zero-order valence-electron chi connectivity index (χ0n) is 57.2. The molecule has 4 nitrogen and oxygen atoms in total. The first-order chi connectivity index (χ1) is 49.5. The van der Waals surface area contributed by atoms with Gasteiger partial charge in [0, 0.05) is 104 Å². The number of para-hydroxylation sites is 4. The van der Waals surface area contributed by atoms with E-state index < -0.39 is 0 Å². The van der Waals surface area contributed by atoms with Crippen LogP contribution in [0.4, 0.5) is 0 Å². The Labute approximate surface area is 601 Å². The number of benzene rings is 10. The van der Waals surface area contributed by atoms with Gasteiger partial charge in [-0.2, -0.15) is 0 Å². The van der Waals surface area contributed by atoms with E-state index in [9.17, 15) is 0 Å². The highest BCUT2D eigenvalue weighted by atomic mass is 32.1. The fourth-order valence-electron chi connectivity index (χ4n) is 16.3. The van der Waals surface area contributed by atoms with Crippen molar-refractivity contribution < 1.29 is 0 Å². The topological polar surface area (TPSA) is 19.7 Å². The number of hydrogen-bond acceptors (Lipinski definition) is 4. The van der Waals surface area contributed by atoms with Gasteiger partial charge in [0.2, 0.25) is 0 Å². The molecule has 8 heterocycles. The Morgan fingerprint density at radius 3 is 0.780 bits per heavy atom. The summed E-state index contributed by atoms with van der Waals surface area (Å²) in [6.45, 7) is 4.60. The summed E-state index contributed by atoms with van der Waals surface area (Å²) in [5.41, 5.74) is 19.2. The van der Waals surface area contributed by atoms with Gasteiger partial charge in [0.25, 0.3) is 0 Å². The third-order valence-corrected chi connectivity index (χ3v) is 26.1. The third-order valence-electron chi connectivity index (χ3n) is 21.3. The van der Waals surface area contributed by atoms with Crippen LogP contribution in [0.15, 0.2) is 243 Å². The second-order valence-corrected chi connectivity index (χ2v) is 32.4. The van der Waals surface area contributed by atoms with Crippen molar-refractivity contribution in [3.05, 3.63) is 252 Å². The number of rotatable bonds is 25. The second kappa shape index (κ2) is 27.3. The van der Waals surface area contributed by atoms with Crippen molar-refractivity contribution in [2.45, 2.75) is 129 Å². The molecule has 0 saturated carbocycles. The van der Waals surface area contributed by atoms with Crippen LogP contribution in [0, 0.1) is 0 Å². The van der Waals surface area contributed by atoms with Gasteiger partial charge in [-0.25, -0.2) is 0 Å². The van der Waals surface area contributed by atoms with Crippen LogP contribution in [-0.2, 0) is 12.8 Å². The molecular formula is C92H82N4S4. The summed E-state index contributed by atoms with van der Waals surface area (Å²) < 4.78 is 15.6. The number of hydrogen-bond donors (Lipinski definition) is 0. The molecule has 10 aromatic carbocycles. The third kappa shape index (κ3) is 11.6. The molecular weight excluding hydrogens is 1290 g/mol.